The third kappa shape index (κ3) is 4.03. The first kappa shape index (κ1) is 10.2. The molecule has 0 saturated carbocycles. The Morgan fingerprint density at radius 1 is 1.38 bits per heavy atom. The van der Waals surface area contributed by atoms with Gasteiger partial charge in [-0.05, 0) is 5.56 Å². The SMILES string of the molecule is NCCO.c1ccc(C2CO2)cc1. The largest absolute Gasteiger partial charge is 0.395 e. The van der Waals surface area contributed by atoms with Crippen LogP contribution in [0.25, 0.3) is 0 Å². The zero-order chi connectivity index (χ0) is 9.52. The molecule has 1 fully saturated rings. The predicted molar refractivity (Wildman–Crippen MR) is 51.3 cm³/mol. The van der Waals surface area contributed by atoms with Crippen molar-refractivity contribution < 1.29 is 9.84 Å². The Hall–Kier alpha value is -0.900. The van der Waals surface area contributed by atoms with Crippen molar-refractivity contribution in [3.05, 3.63) is 35.9 Å². The van der Waals surface area contributed by atoms with Gasteiger partial charge in [-0.1, -0.05) is 30.3 Å². The highest BCUT2D eigenvalue weighted by atomic mass is 16.6. The zero-order valence-corrected chi connectivity index (χ0v) is 7.52. The molecule has 0 spiro atoms. The summed E-state index contributed by atoms with van der Waals surface area (Å²) in [4.78, 5) is 0. The number of ether oxygens (including phenoxy) is 1. The van der Waals surface area contributed by atoms with Crippen molar-refractivity contribution in [1.29, 1.82) is 0 Å². The molecule has 0 radical (unpaired) electrons. The zero-order valence-electron chi connectivity index (χ0n) is 7.52. The summed E-state index contributed by atoms with van der Waals surface area (Å²) in [6.07, 6.45) is 0.409. The highest BCUT2D eigenvalue weighted by Crippen LogP contribution is 2.28. The smallest absolute Gasteiger partial charge is 0.106 e. The molecule has 1 saturated heterocycles. The van der Waals surface area contributed by atoms with E-state index in [2.05, 4.69) is 12.1 Å². The molecule has 1 atom stereocenters. The van der Waals surface area contributed by atoms with E-state index >= 15 is 0 Å². The minimum Gasteiger partial charge on any atom is -0.395 e. The standard InChI is InChI=1S/C8H8O.C2H7NO/c1-2-4-7(5-3-1)8-6-9-8;3-1-2-4/h1-5,8H,6H2;4H,1-3H2. The van der Waals surface area contributed by atoms with Gasteiger partial charge in [-0.3, -0.25) is 0 Å². The van der Waals surface area contributed by atoms with Crippen LogP contribution in [0.4, 0.5) is 0 Å². The molecule has 0 bridgehead atoms. The Balaban J connectivity index is 0.000000184. The minimum atomic E-state index is 0.0972. The third-order valence-electron chi connectivity index (χ3n) is 1.63. The molecular weight excluding hydrogens is 166 g/mol. The normalized spacial score (nSPS) is 18.8. The molecule has 3 N–H and O–H groups in total. The summed E-state index contributed by atoms with van der Waals surface area (Å²) in [5, 5.41) is 7.75. The molecule has 1 aromatic rings. The van der Waals surface area contributed by atoms with Crippen LogP contribution < -0.4 is 5.73 Å². The van der Waals surface area contributed by atoms with Crippen molar-refractivity contribution >= 4 is 0 Å². The maximum Gasteiger partial charge on any atom is 0.106 e. The molecule has 1 heterocycles. The van der Waals surface area contributed by atoms with Crippen LogP contribution >= 0.6 is 0 Å². The van der Waals surface area contributed by atoms with E-state index in [4.69, 9.17) is 15.6 Å². The van der Waals surface area contributed by atoms with Crippen molar-refractivity contribution in [2.75, 3.05) is 19.8 Å². The van der Waals surface area contributed by atoms with Crippen LogP contribution in [-0.2, 0) is 4.74 Å². The van der Waals surface area contributed by atoms with Crippen molar-refractivity contribution in [3.8, 4) is 0 Å². The van der Waals surface area contributed by atoms with Gasteiger partial charge in [0.2, 0.25) is 0 Å². The summed E-state index contributed by atoms with van der Waals surface area (Å²) < 4.78 is 5.09. The van der Waals surface area contributed by atoms with Crippen molar-refractivity contribution in [1.82, 2.24) is 0 Å². The molecule has 3 nitrogen and oxygen atoms in total. The van der Waals surface area contributed by atoms with Crippen molar-refractivity contribution in [2.45, 2.75) is 6.10 Å². The van der Waals surface area contributed by atoms with Crippen LogP contribution in [0, 0.1) is 0 Å². The fourth-order valence-electron chi connectivity index (χ4n) is 0.908. The maximum absolute atomic E-state index is 7.75. The summed E-state index contributed by atoms with van der Waals surface area (Å²) in [7, 11) is 0. The van der Waals surface area contributed by atoms with Gasteiger partial charge in [0, 0.05) is 6.54 Å². The van der Waals surface area contributed by atoms with E-state index in [9.17, 15) is 0 Å². The number of hydrogen-bond donors (Lipinski definition) is 2. The summed E-state index contributed by atoms with van der Waals surface area (Å²) in [6, 6.07) is 10.3. The van der Waals surface area contributed by atoms with Gasteiger partial charge in [0.25, 0.3) is 0 Å². The first-order valence-electron chi connectivity index (χ1n) is 4.36. The van der Waals surface area contributed by atoms with E-state index in [0.29, 0.717) is 12.6 Å². The van der Waals surface area contributed by atoms with E-state index in [1.165, 1.54) is 5.56 Å². The maximum atomic E-state index is 7.75. The van der Waals surface area contributed by atoms with E-state index in [1.807, 2.05) is 18.2 Å². The molecule has 1 aliphatic heterocycles. The monoisotopic (exact) mass is 181 g/mol. The average molecular weight is 181 g/mol. The molecule has 1 aliphatic rings. The highest BCUT2D eigenvalue weighted by molar-refractivity contribution is 5.19. The Labute approximate surface area is 78.1 Å². The van der Waals surface area contributed by atoms with Gasteiger partial charge >= 0.3 is 0 Å². The second-order valence-corrected chi connectivity index (χ2v) is 2.74. The number of aliphatic hydroxyl groups is 1. The summed E-state index contributed by atoms with van der Waals surface area (Å²) in [6.45, 7) is 1.38. The van der Waals surface area contributed by atoms with Crippen LogP contribution in [0.5, 0.6) is 0 Å². The lowest BCUT2D eigenvalue weighted by Gasteiger charge is -1.89. The predicted octanol–water partition coefficient (Wildman–Crippen LogP) is 0.695. The molecule has 2 rings (SSSR count). The Bertz CT molecular complexity index is 220. The lowest BCUT2D eigenvalue weighted by Crippen LogP contribution is -2.02. The Morgan fingerprint density at radius 3 is 2.31 bits per heavy atom. The Kier molecular flexibility index (Phi) is 4.46. The molecule has 72 valence electrons. The van der Waals surface area contributed by atoms with Gasteiger partial charge < -0.3 is 15.6 Å². The fourth-order valence-corrected chi connectivity index (χ4v) is 0.908. The number of nitrogens with two attached hydrogens (primary N) is 1. The van der Waals surface area contributed by atoms with E-state index in [-0.39, 0.29) is 6.61 Å². The molecule has 1 aromatic carbocycles. The molecule has 1 unspecified atom stereocenters. The van der Waals surface area contributed by atoms with Gasteiger partial charge in [-0.15, -0.1) is 0 Å². The topological polar surface area (TPSA) is 58.8 Å². The number of benzene rings is 1. The third-order valence-corrected chi connectivity index (χ3v) is 1.63. The molecule has 0 aliphatic carbocycles. The van der Waals surface area contributed by atoms with Gasteiger partial charge in [-0.25, -0.2) is 0 Å². The lowest BCUT2D eigenvalue weighted by molar-refractivity contribution is 0.306. The Morgan fingerprint density at radius 2 is 1.92 bits per heavy atom. The number of epoxide rings is 1. The number of hydrogen-bond acceptors (Lipinski definition) is 3. The summed E-state index contributed by atoms with van der Waals surface area (Å²) >= 11 is 0. The first-order chi connectivity index (χ1) is 6.38. The second kappa shape index (κ2) is 5.70. The van der Waals surface area contributed by atoms with Crippen molar-refractivity contribution in [2.24, 2.45) is 5.73 Å². The lowest BCUT2D eigenvalue weighted by atomic mass is 10.2. The molecule has 3 heteroatoms. The van der Waals surface area contributed by atoms with Gasteiger partial charge in [0.1, 0.15) is 6.10 Å². The van der Waals surface area contributed by atoms with Crippen LogP contribution in [0.15, 0.2) is 30.3 Å². The summed E-state index contributed by atoms with van der Waals surface area (Å²) in [5.74, 6) is 0. The molecule has 0 aromatic heterocycles. The molecule has 13 heavy (non-hydrogen) atoms. The number of aliphatic hydroxyl groups excluding tert-OH is 1. The van der Waals surface area contributed by atoms with Crippen LogP contribution in [-0.4, -0.2) is 24.9 Å². The van der Waals surface area contributed by atoms with Gasteiger partial charge in [0.15, 0.2) is 0 Å². The number of rotatable bonds is 2. The molecular formula is C10H15NO2. The van der Waals surface area contributed by atoms with Gasteiger partial charge in [-0.2, -0.15) is 0 Å². The fraction of sp³-hybridized carbons (Fsp3) is 0.400. The van der Waals surface area contributed by atoms with Crippen molar-refractivity contribution in [3.63, 3.8) is 0 Å². The first-order valence-corrected chi connectivity index (χ1v) is 4.36. The van der Waals surface area contributed by atoms with E-state index in [1.54, 1.807) is 0 Å². The summed E-state index contributed by atoms with van der Waals surface area (Å²) in [5.41, 5.74) is 6.08. The van der Waals surface area contributed by atoms with E-state index in [0.717, 1.165) is 6.61 Å². The van der Waals surface area contributed by atoms with Gasteiger partial charge in [0.05, 0.1) is 13.2 Å². The quantitative estimate of drug-likeness (QED) is 0.660. The molecule has 0 amide bonds. The van der Waals surface area contributed by atoms with Crippen LogP contribution in [0.3, 0.4) is 0 Å². The minimum absolute atomic E-state index is 0.0972. The highest BCUT2D eigenvalue weighted by Gasteiger charge is 2.23. The average Bonchev–Trinajstić information content (AvgIpc) is 3.03. The second-order valence-electron chi connectivity index (χ2n) is 2.74. The van der Waals surface area contributed by atoms with Crippen LogP contribution in [0.1, 0.15) is 11.7 Å². The van der Waals surface area contributed by atoms with E-state index < -0.39 is 0 Å². The van der Waals surface area contributed by atoms with Crippen LogP contribution in [0.2, 0.25) is 0 Å².